The quantitative estimate of drug-likeness (QED) is 0.634. The summed E-state index contributed by atoms with van der Waals surface area (Å²) < 4.78 is 2.03. The lowest BCUT2D eigenvalue weighted by Crippen LogP contribution is -2.14. The Bertz CT molecular complexity index is 821. The van der Waals surface area contributed by atoms with Crippen LogP contribution in [0.1, 0.15) is 11.1 Å². The van der Waals surface area contributed by atoms with Gasteiger partial charge in [0.05, 0.1) is 12.2 Å². The molecule has 2 N–H and O–H groups in total. The summed E-state index contributed by atoms with van der Waals surface area (Å²) in [7, 11) is 0. The highest BCUT2D eigenvalue weighted by atomic mass is 32.2. The Morgan fingerprint density at radius 2 is 1.58 bits per heavy atom. The van der Waals surface area contributed by atoms with Crippen molar-refractivity contribution in [2.24, 2.45) is 0 Å². The first kappa shape index (κ1) is 16.3. The molecule has 0 aliphatic heterocycles. The zero-order valence-corrected chi connectivity index (χ0v) is 14.2. The number of rotatable bonds is 5. The van der Waals surface area contributed by atoms with Gasteiger partial charge in [-0.15, -0.1) is 0 Å². The van der Waals surface area contributed by atoms with E-state index in [1.54, 1.807) is 24.1 Å². The van der Waals surface area contributed by atoms with E-state index in [1.165, 1.54) is 11.6 Å². The van der Waals surface area contributed by atoms with Crippen LogP contribution in [0.5, 0.6) is 11.5 Å². The lowest BCUT2D eigenvalue weighted by Gasteiger charge is -2.25. The van der Waals surface area contributed by atoms with E-state index in [1.807, 2.05) is 34.6 Å². The van der Waals surface area contributed by atoms with Gasteiger partial charge < -0.3 is 14.5 Å². The topological polar surface area (TPSA) is 43.7 Å². The number of phenols is 2. The Balaban J connectivity index is 1.95. The Hall–Kier alpha value is -2.59. The second-order valence-electron chi connectivity index (χ2n) is 5.55. The molecule has 4 heteroatoms. The number of aryl methyl sites for hydroxylation is 1. The maximum atomic E-state index is 10.3. The van der Waals surface area contributed by atoms with Gasteiger partial charge in [-0.05, 0) is 48.2 Å². The van der Waals surface area contributed by atoms with Crippen LogP contribution in [0.2, 0.25) is 0 Å². The summed E-state index contributed by atoms with van der Waals surface area (Å²) in [5.74, 6) is 0.115. The zero-order chi connectivity index (χ0) is 16.9. The lowest BCUT2D eigenvalue weighted by molar-refractivity contribution is 0.451. The van der Waals surface area contributed by atoms with Crippen molar-refractivity contribution in [2.45, 2.75) is 18.4 Å². The summed E-state index contributed by atoms with van der Waals surface area (Å²) in [6.07, 6.45) is 0. The lowest BCUT2D eigenvalue weighted by atomic mass is 10.2. The maximum Gasteiger partial charge on any atom is 0.143 e. The predicted octanol–water partition coefficient (Wildman–Crippen LogP) is 5.12. The summed E-state index contributed by atoms with van der Waals surface area (Å²) in [5, 5.41) is 19.8. The highest BCUT2D eigenvalue weighted by molar-refractivity contribution is 8.00. The number of hydrogen-bond acceptors (Lipinski definition) is 4. The molecule has 3 nitrogen and oxygen atoms in total. The second kappa shape index (κ2) is 7.32. The molecule has 0 atom stereocenters. The number of benzene rings is 3. The summed E-state index contributed by atoms with van der Waals surface area (Å²) >= 11 is 1.57. The molecule has 3 rings (SSSR count). The largest absolute Gasteiger partial charge is 0.508 e. The van der Waals surface area contributed by atoms with Crippen LogP contribution in [0, 0.1) is 6.92 Å². The van der Waals surface area contributed by atoms with E-state index in [2.05, 4.69) is 31.2 Å². The number of aromatic hydroxyl groups is 2. The van der Waals surface area contributed by atoms with Crippen LogP contribution in [-0.2, 0) is 6.54 Å². The van der Waals surface area contributed by atoms with Gasteiger partial charge in [0.2, 0.25) is 0 Å². The van der Waals surface area contributed by atoms with Crippen LogP contribution in [0.25, 0.3) is 0 Å². The Labute approximate surface area is 146 Å². The van der Waals surface area contributed by atoms with Gasteiger partial charge in [-0.25, -0.2) is 0 Å². The number of phenolic OH excluding ortho intramolecular Hbond substituents is 2. The monoisotopic (exact) mass is 337 g/mol. The van der Waals surface area contributed by atoms with Crippen LogP contribution in [-0.4, -0.2) is 10.2 Å². The first-order valence-electron chi connectivity index (χ1n) is 7.70. The normalized spacial score (nSPS) is 10.5. The third-order valence-corrected chi connectivity index (χ3v) is 4.90. The Morgan fingerprint density at radius 3 is 2.29 bits per heavy atom. The fourth-order valence-electron chi connectivity index (χ4n) is 2.42. The third-order valence-electron chi connectivity index (χ3n) is 3.70. The molecule has 0 unspecified atom stereocenters. The van der Waals surface area contributed by atoms with Crippen LogP contribution < -0.4 is 4.31 Å². The fraction of sp³-hybridized carbons (Fsp3) is 0.100. The molecule has 0 saturated carbocycles. The minimum Gasteiger partial charge on any atom is -0.508 e. The Morgan fingerprint density at radius 1 is 0.875 bits per heavy atom. The molecule has 0 aliphatic rings. The average Bonchev–Trinajstić information content (AvgIpc) is 2.57. The maximum absolute atomic E-state index is 10.3. The van der Waals surface area contributed by atoms with E-state index in [4.69, 9.17) is 0 Å². The van der Waals surface area contributed by atoms with Gasteiger partial charge in [0.25, 0.3) is 0 Å². The van der Waals surface area contributed by atoms with E-state index >= 15 is 0 Å². The zero-order valence-electron chi connectivity index (χ0n) is 13.4. The highest BCUT2D eigenvalue weighted by Crippen LogP contribution is 2.38. The van der Waals surface area contributed by atoms with Crippen molar-refractivity contribution >= 4 is 17.6 Å². The van der Waals surface area contributed by atoms with Crippen molar-refractivity contribution in [3.63, 3.8) is 0 Å². The standard InChI is InChI=1S/C20H19NO2S/c1-15-7-5-6-10-20(15)24-21(14-16-8-3-2-4-9-16)18-12-11-17(22)13-19(18)23/h2-13,22-23H,14H2,1H3. The number of hydrogen-bond donors (Lipinski definition) is 2. The molecule has 3 aromatic carbocycles. The molecule has 0 radical (unpaired) electrons. The van der Waals surface area contributed by atoms with Gasteiger partial charge in [-0.3, -0.25) is 0 Å². The van der Waals surface area contributed by atoms with Crippen molar-refractivity contribution in [3.05, 3.63) is 83.9 Å². The molecule has 0 bridgehead atoms. The van der Waals surface area contributed by atoms with Gasteiger partial charge in [0, 0.05) is 11.0 Å². The molecular weight excluding hydrogens is 318 g/mol. The minimum absolute atomic E-state index is 0.0526. The van der Waals surface area contributed by atoms with Crippen molar-refractivity contribution < 1.29 is 10.2 Å². The predicted molar refractivity (Wildman–Crippen MR) is 99.4 cm³/mol. The van der Waals surface area contributed by atoms with E-state index in [9.17, 15) is 10.2 Å². The van der Waals surface area contributed by atoms with Gasteiger partial charge in [-0.1, -0.05) is 48.5 Å². The van der Waals surface area contributed by atoms with Gasteiger partial charge in [0.1, 0.15) is 11.5 Å². The van der Waals surface area contributed by atoms with E-state index in [0.29, 0.717) is 12.2 Å². The van der Waals surface area contributed by atoms with Gasteiger partial charge >= 0.3 is 0 Å². The molecule has 0 amide bonds. The number of nitrogens with zero attached hydrogens (tertiary/aromatic N) is 1. The summed E-state index contributed by atoms with van der Waals surface area (Å²) in [5.41, 5.74) is 3.00. The Kier molecular flexibility index (Phi) is 4.96. The van der Waals surface area contributed by atoms with Gasteiger partial charge in [0.15, 0.2) is 0 Å². The molecule has 3 aromatic rings. The molecule has 122 valence electrons. The highest BCUT2D eigenvalue weighted by Gasteiger charge is 2.15. The van der Waals surface area contributed by atoms with Crippen molar-refractivity contribution in [3.8, 4) is 11.5 Å². The molecule has 0 fully saturated rings. The van der Waals surface area contributed by atoms with Crippen LogP contribution in [0.3, 0.4) is 0 Å². The van der Waals surface area contributed by atoms with Crippen LogP contribution in [0.15, 0.2) is 77.7 Å². The fourth-order valence-corrected chi connectivity index (χ4v) is 3.47. The van der Waals surface area contributed by atoms with Crippen LogP contribution >= 0.6 is 11.9 Å². The van der Waals surface area contributed by atoms with Crippen molar-refractivity contribution in [1.29, 1.82) is 0 Å². The van der Waals surface area contributed by atoms with E-state index in [-0.39, 0.29) is 11.5 Å². The molecule has 0 aliphatic carbocycles. The van der Waals surface area contributed by atoms with Crippen molar-refractivity contribution in [1.82, 2.24) is 0 Å². The summed E-state index contributed by atoms with van der Waals surface area (Å²) in [6.45, 7) is 2.71. The molecule has 0 aromatic heterocycles. The van der Waals surface area contributed by atoms with Crippen molar-refractivity contribution in [2.75, 3.05) is 4.31 Å². The van der Waals surface area contributed by atoms with E-state index in [0.717, 1.165) is 10.5 Å². The first-order chi connectivity index (χ1) is 11.6. The average molecular weight is 337 g/mol. The third kappa shape index (κ3) is 3.84. The smallest absolute Gasteiger partial charge is 0.143 e. The molecule has 0 spiro atoms. The SMILES string of the molecule is Cc1ccccc1SN(Cc1ccccc1)c1ccc(O)cc1O. The van der Waals surface area contributed by atoms with E-state index < -0.39 is 0 Å². The molecule has 0 saturated heterocycles. The molecular formula is C20H19NO2S. The molecule has 0 heterocycles. The first-order valence-corrected chi connectivity index (χ1v) is 8.48. The number of anilines is 1. The molecule has 24 heavy (non-hydrogen) atoms. The van der Waals surface area contributed by atoms with Gasteiger partial charge in [-0.2, -0.15) is 0 Å². The summed E-state index contributed by atoms with van der Waals surface area (Å²) in [4.78, 5) is 1.13. The van der Waals surface area contributed by atoms with Crippen LogP contribution in [0.4, 0.5) is 5.69 Å². The second-order valence-corrected chi connectivity index (χ2v) is 6.62. The summed E-state index contributed by atoms with van der Waals surface area (Å²) in [6, 6.07) is 23.0. The minimum atomic E-state index is 0.0526.